The third kappa shape index (κ3) is 2.23. The van der Waals surface area contributed by atoms with E-state index in [1.165, 1.54) is 6.33 Å². The Balaban J connectivity index is 1.92. The van der Waals surface area contributed by atoms with Crippen molar-refractivity contribution in [1.29, 1.82) is 0 Å². The number of H-pyrrole nitrogens is 1. The number of amides is 1. The molecule has 0 spiro atoms. The molecule has 1 amide bonds. The first-order chi connectivity index (χ1) is 9.75. The molecule has 3 rings (SSSR count). The van der Waals surface area contributed by atoms with Crippen LogP contribution >= 0.6 is 0 Å². The quantitative estimate of drug-likeness (QED) is 0.782. The topological polar surface area (TPSA) is 74.8 Å². The van der Waals surface area contributed by atoms with Crippen LogP contribution < -0.4 is 0 Å². The van der Waals surface area contributed by atoms with Gasteiger partial charge in [0.25, 0.3) is 5.91 Å². The maximum atomic E-state index is 12.5. The van der Waals surface area contributed by atoms with Crippen LogP contribution in [0.4, 0.5) is 0 Å². The lowest BCUT2D eigenvalue weighted by Crippen LogP contribution is -2.27. The minimum atomic E-state index is -0.141. The van der Waals surface area contributed by atoms with Crippen LogP contribution in [0.1, 0.15) is 16.3 Å². The maximum absolute atomic E-state index is 12.5. The molecule has 6 nitrogen and oxygen atoms in total. The fourth-order valence-electron chi connectivity index (χ4n) is 2.07. The number of hydrogen-bond donors (Lipinski definition) is 1. The van der Waals surface area contributed by atoms with Crippen molar-refractivity contribution in [3.05, 3.63) is 54.4 Å². The molecule has 100 valence electrons. The lowest BCUT2D eigenvalue weighted by molar-refractivity contribution is 0.0778. The van der Waals surface area contributed by atoms with Crippen LogP contribution in [0.5, 0.6) is 0 Å². The second-order valence-electron chi connectivity index (χ2n) is 4.47. The van der Waals surface area contributed by atoms with Gasteiger partial charge in [-0.25, -0.2) is 4.98 Å². The van der Waals surface area contributed by atoms with E-state index >= 15 is 0 Å². The number of nitrogens with zero attached hydrogens (tertiary/aromatic N) is 4. The molecule has 0 atom stereocenters. The molecule has 0 aliphatic carbocycles. The van der Waals surface area contributed by atoms with Gasteiger partial charge in [0, 0.05) is 18.6 Å². The van der Waals surface area contributed by atoms with E-state index in [4.69, 9.17) is 0 Å². The number of pyridine rings is 1. The molecule has 0 aliphatic rings. The van der Waals surface area contributed by atoms with E-state index < -0.39 is 0 Å². The first-order valence-corrected chi connectivity index (χ1v) is 6.19. The number of rotatable bonds is 3. The summed E-state index contributed by atoms with van der Waals surface area (Å²) < 4.78 is 0. The molecular weight excluding hydrogens is 254 g/mol. The fraction of sp³-hybridized carbons (Fsp3) is 0.143. The van der Waals surface area contributed by atoms with Crippen molar-refractivity contribution < 1.29 is 4.79 Å². The standard InChI is InChI=1S/C14H13N5O/c1-19(8-12-16-9-17-18-12)14(20)13-11-5-3-2-4-10(11)6-7-15-13/h2-7,9H,8H2,1H3,(H,16,17,18). The van der Waals surface area contributed by atoms with Crippen LogP contribution in [0.25, 0.3) is 10.8 Å². The normalized spacial score (nSPS) is 10.7. The Hall–Kier alpha value is -2.76. The van der Waals surface area contributed by atoms with Gasteiger partial charge >= 0.3 is 0 Å². The monoisotopic (exact) mass is 267 g/mol. The van der Waals surface area contributed by atoms with Crippen molar-refractivity contribution >= 4 is 16.7 Å². The molecule has 2 heterocycles. The fourth-order valence-corrected chi connectivity index (χ4v) is 2.07. The second kappa shape index (κ2) is 5.08. The molecule has 0 unspecified atom stereocenters. The number of aromatic nitrogens is 4. The molecule has 2 aromatic heterocycles. The molecule has 3 aromatic rings. The van der Waals surface area contributed by atoms with E-state index in [9.17, 15) is 4.79 Å². The van der Waals surface area contributed by atoms with Gasteiger partial charge in [-0.15, -0.1) is 0 Å². The Bertz CT molecular complexity index is 733. The van der Waals surface area contributed by atoms with Gasteiger partial charge in [0.05, 0.1) is 6.54 Å². The summed E-state index contributed by atoms with van der Waals surface area (Å²) in [6, 6.07) is 9.59. The highest BCUT2D eigenvalue weighted by Gasteiger charge is 2.17. The number of carbonyl (C=O) groups is 1. The third-order valence-corrected chi connectivity index (χ3v) is 3.07. The van der Waals surface area contributed by atoms with Gasteiger partial charge in [0.2, 0.25) is 0 Å². The lowest BCUT2D eigenvalue weighted by Gasteiger charge is -2.16. The van der Waals surface area contributed by atoms with Crippen molar-refractivity contribution in [2.45, 2.75) is 6.54 Å². The van der Waals surface area contributed by atoms with Crippen molar-refractivity contribution in [3.63, 3.8) is 0 Å². The van der Waals surface area contributed by atoms with Gasteiger partial charge < -0.3 is 4.90 Å². The highest BCUT2D eigenvalue weighted by atomic mass is 16.2. The summed E-state index contributed by atoms with van der Waals surface area (Å²) in [4.78, 5) is 22.3. The van der Waals surface area contributed by atoms with Gasteiger partial charge in [0.1, 0.15) is 17.8 Å². The highest BCUT2D eigenvalue weighted by Crippen LogP contribution is 2.17. The van der Waals surface area contributed by atoms with E-state index in [-0.39, 0.29) is 5.91 Å². The number of hydrogen-bond acceptors (Lipinski definition) is 4. The first-order valence-electron chi connectivity index (χ1n) is 6.19. The lowest BCUT2D eigenvalue weighted by atomic mass is 10.1. The number of nitrogens with one attached hydrogen (secondary N) is 1. The van der Waals surface area contributed by atoms with Crippen molar-refractivity contribution in [1.82, 2.24) is 25.1 Å². The molecule has 0 fully saturated rings. The summed E-state index contributed by atoms with van der Waals surface area (Å²) in [5, 5.41) is 8.35. The van der Waals surface area contributed by atoms with Crippen LogP contribution in [0.2, 0.25) is 0 Å². The van der Waals surface area contributed by atoms with Crippen molar-refractivity contribution in [3.8, 4) is 0 Å². The number of carbonyl (C=O) groups excluding carboxylic acids is 1. The van der Waals surface area contributed by atoms with Crippen LogP contribution in [0.3, 0.4) is 0 Å². The average Bonchev–Trinajstić information content (AvgIpc) is 2.99. The second-order valence-corrected chi connectivity index (χ2v) is 4.47. The Morgan fingerprint density at radius 1 is 1.25 bits per heavy atom. The van der Waals surface area contributed by atoms with Gasteiger partial charge in [-0.3, -0.25) is 14.9 Å². The smallest absolute Gasteiger partial charge is 0.273 e. The Morgan fingerprint density at radius 2 is 2.10 bits per heavy atom. The summed E-state index contributed by atoms with van der Waals surface area (Å²) in [6.45, 7) is 0.365. The van der Waals surface area contributed by atoms with Crippen molar-refractivity contribution in [2.75, 3.05) is 7.05 Å². The SMILES string of the molecule is CN(Cc1ncn[nH]1)C(=O)c1nccc2ccccc12. The summed E-state index contributed by atoms with van der Waals surface area (Å²) in [5.41, 5.74) is 0.449. The minimum Gasteiger partial charge on any atom is -0.333 e. The largest absolute Gasteiger partial charge is 0.333 e. The van der Waals surface area contributed by atoms with Crippen LogP contribution in [-0.2, 0) is 6.54 Å². The Labute approximate surface area is 115 Å². The number of fused-ring (bicyclic) bond motifs is 1. The summed E-state index contributed by atoms with van der Waals surface area (Å²) >= 11 is 0. The molecule has 0 saturated carbocycles. The summed E-state index contributed by atoms with van der Waals surface area (Å²) in [6.07, 6.45) is 3.07. The number of benzene rings is 1. The van der Waals surface area contributed by atoms with Gasteiger partial charge in [-0.1, -0.05) is 24.3 Å². The molecule has 0 aliphatic heterocycles. The van der Waals surface area contributed by atoms with Crippen LogP contribution in [-0.4, -0.2) is 38.0 Å². The summed E-state index contributed by atoms with van der Waals surface area (Å²) in [5.74, 6) is 0.499. The molecule has 0 bridgehead atoms. The number of aromatic amines is 1. The van der Waals surface area contributed by atoms with Crippen molar-refractivity contribution in [2.24, 2.45) is 0 Å². The van der Waals surface area contributed by atoms with E-state index in [1.807, 2.05) is 30.3 Å². The maximum Gasteiger partial charge on any atom is 0.273 e. The van der Waals surface area contributed by atoms with Crippen LogP contribution in [0, 0.1) is 0 Å². The Morgan fingerprint density at radius 3 is 2.90 bits per heavy atom. The zero-order valence-corrected chi connectivity index (χ0v) is 10.9. The summed E-state index contributed by atoms with van der Waals surface area (Å²) in [7, 11) is 1.72. The molecule has 6 heteroatoms. The van der Waals surface area contributed by atoms with E-state index in [1.54, 1.807) is 18.1 Å². The predicted molar refractivity (Wildman–Crippen MR) is 73.9 cm³/mol. The zero-order chi connectivity index (χ0) is 13.9. The van der Waals surface area contributed by atoms with Crippen LogP contribution in [0.15, 0.2) is 42.9 Å². The molecule has 0 radical (unpaired) electrons. The zero-order valence-electron chi connectivity index (χ0n) is 10.9. The minimum absolute atomic E-state index is 0.141. The molecule has 20 heavy (non-hydrogen) atoms. The van der Waals surface area contributed by atoms with Gasteiger partial charge in [0.15, 0.2) is 0 Å². The molecule has 0 saturated heterocycles. The third-order valence-electron chi connectivity index (χ3n) is 3.07. The molecule has 1 N–H and O–H groups in total. The van der Waals surface area contributed by atoms with E-state index in [2.05, 4.69) is 20.2 Å². The molecule has 1 aromatic carbocycles. The molecular formula is C14H13N5O. The predicted octanol–water partition coefficient (Wildman–Crippen LogP) is 1.63. The average molecular weight is 267 g/mol. The Kier molecular flexibility index (Phi) is 3.12. The highest BCUT2D eigenvalue weighted by molar-refractivity contribution is 6.04. The van der Waals surface area contributed by atoms with E-state index in [0.717, 1.165) is 10.8 Å². The van der Waals surface area contributed by atoms with Gasteiger partial charge in [-0.05, 0) is 11.5 Å². The first kappa shape index (κ1) is 12.3. The van der Waals surface area contributed by atoms with Gasteiger partial charge in [-0.2, -0.15) is 5.10 Å². The van der Waals surface area contributed by atoms with E-state index in [0.29, 0.717) is 18.1 Å².